The van der Waals surface area contributed by atoms with E-state index >= 15 is 0 Å². The lowest BCUT2D eigenvalue weighted by atomic mass is 9.99. The Labute approximate surface area is 160 Å². The number of benzene rings is 2. The quantitative estimate of drug-likeness (QED) is 0.407. The molecule has 2 aromatic rings. The van der Waals surface area contributed by atoms with Crippen molar-refractivity contribution >= 4 is 11.9 Å². The van der Waals surface area contributed by atoms with Gasteiger partial charge in [0.25, 0.3) is 0 Å². The van der Waals surface area contributed by atoms with Crippen molar-refractivity contribution in [3.63, 3.8) is 0 Å². The minimum Gasteiger partial charge on any atom is -0.507 e. The molecule has 0 bridgehead atoms. The Hall–Kier alpha value is -3.22. The monoisotopic (exact) mass is 392 g/mol. The van der Waals surface area contributed by atoms with Crippen LogP contribution in [0.1, 0.15) is 27.0 Å². The third-order valence-corrected chi connectivity index (χ3v) is 4.03. The fourth-order valence-corrected chi connectivity index (χ4v) is 2.62. The van der Waals surface area contributed by atoms with Gasteiger partial charge in [-0.2, -0.15) is 13.2 Å². The molecule has 0 aromatic heterocycles. The van der Waals surface area contributed by atoms with Gasteiger partial charge in [0.1, 0.15) is 22.8 Å². The Kier molecular flexibility index (Phi) is 6.51. The highest BCUT2D eigenvalue weighted by atomic mass is 19.4. The molecule has 0 saturated heterocycles. The Morgan fingerprint density at radius 3 is 2.25 bits per heavy atom. The first-order valence-electron chi connectivity index (χ1n) is 8.20. The predicted molar refractivity (Wildman–Crippen MR) is 99.9 cm³/mol. The van der Waals surface area contributed by atoms with Crippen LogP contribution in [0.3, 0.4) is 0 Å². The maximum atomic E-state index is 12.6. The molecular formula is C21H19F3O4. The molecule has 148 valence electrons. The minimum atomic E-state index is -4.43. The molecule has 0 aliphatic rings. The minimum absolute atomic E-state index is 0.0664. The van der Waals surface area contributed by atoms with Crippen molar-refractivity contribution in [2.45, 2.75) is 12.6 Å². The van der Waals surface area contributed by atoms with Gasteiger partial charge in [-0.3, -0.25) is 4.79 Å². The standard InChI is InChI=1S/C21H19F3O4/c1-4-5-15-17(27-2)12-18(28-3)19(20(15)26)16(25)11-8-13-6-9-14(10-7-13)21(22,23)24/h4,6-12,26H,1,5H2,2-3H3. The maximum Gasteiger partial charge on any atom is 0.416 e. The molecule has 4 nitrogen and oxygen atoms in total. The number of hydrogen-bond acceptors (Lipinski definition) is 4. The molecule has 2 aromatic carbocycles. The number of methoxy groups -OCH3 is 2. The highest BCUT2D eigenvalue weighted by Gasteiger charge is 2.29. The lowest BCUT2D eigenvalue weighted by Crippen LogP contribution is -2.04. The van der Waals surface area contributed by atoms with Gasteiger partial charge in [0, 0.05) is 11.6 Å². The molecule has 0 aliphatic heterocycles. The number of ketones is 1. The van der Waals surface area contributed by atoms with Crippen molar-refractivity contribution < 1.29 is 32.5 Å². The fourth-order valence-electron chi connectivity index (χ4n) is 2.62. The zero-order valence-corrected chi connectivity index (χ0v) is 15.3. The average Bonchev–Trinajstić information content (AvgIpc) is 2.67. The van der Waals surface area contributed by atoms with Crippen molar-refractivity contribution in [3.05, 3.63) is 71.3 Å². The topological polar surface area (TPSA) is 55.8 Å². The second-order valence-electron chi connectivity index (χ2n) is 5.79. The van der Waals surface area contributed by atoms with Gasteiger partial charge < -0.3 is 14.6 Å². The second-order valence-corrected chi connectivity index (χ2v) is 5.79. The Morgan fingerprint density at radius 2 is 1.75 bits per heavy atom. The van der Waals surface area contributed by atoms with Crippen molar-refractivity contribution in [1.29, 1.82) is 0 Å². The molecule has 1 N–H and O–H groups in total. The van der Waals surface area contributed by atoms with Gasteiger partial charge in [-0.05, 0) is 30.2 Å². The second kappa shape index (κ2) is 8.65. The highest BCUT2D eigenvalue weighted by Crippen LogP contribution is 2.39. The van der Waals surface area contributed by atoms with E-state index in [1.165, 1.54) is 38.5 Å². The Balaban J connectivity index is 2.39. The molecule has 0 heterocycles. The summed E-state index contributed by atoms with van der Waals surface area (Å²) in [6.07, 6.45) is -0.0940. The SMILES string of the molecule is C=CCc1c(OC)cc(OC)c(C(=O)C=Cc2ccc(C(F)(F)F)cc2)c1O. The number of aromatic hydroxyl groups is 1. The lowest BCUT2D eigenvalue weighted by molar-refractivity contribution is -0.137. The summed E-state index contributed by atoms with van der Waals surface area (Å²) in [6, 6.07) is 5.84. The summed E-state index contributed by atoms with van der Waals surface area (Å²) >= 11 is 0. The summed E-state index contributed by atoms with van der Waals surface area (Å²) in [7, 11) is 2.77. The van der Waals surface area contributed by atoms with Gasteiger partial charge in [0.15, 0.2) is 5.78 Å². The van der Waals surface area contributed by atoms with Gasteiger partial charge in [-0.15, -0.1) is 6.58 Å². The smallest absolute Gasteiger partial charge is 0.416 e. The van der Waals surface area contributed by atoms with Crippen LogP contribution >= 0.6 is 0 Å². The maximum absolute atomic E-state index is 12.6. The van der Waals surface area contributed by atoms with Crippen LogP contribution in [0.2, 0.25) is 0 Å². The molecule has 0 amide bonds. The molecule has 0 fully saturated rings. The van der Waals surface area contributed by atoms with E-state index in [4.69, 9.17) is 9.47 Å². The summed E-state index contributed by atoms with van der Waals surface area (Å²) in [4.78, 5) is 12.6. The molecule has 0 aliphatic carbocycles. The van der Waals surface area contributed by atoms with E-state index in [0.717, 1.165) is 18.2 Å². The number of phenols is 1. The third-order valence-electron chi connectivity index (χ3n) is 4.03. The van der Waals surface area contributed by atoms with Crippen LogP contribution in [0.5, 0.6) is 17.2 Å². The van der Waals surface area contributed by atoms with Crippen LogP contribution in [-0.2, 0) is 12.6 Å². The van der Waals surface area contributed by atoms with E-state index in [2.05, 4.69) is 6.58 Å². The molecule has 7 heteroatoms. The fraction of sp³-hybridized carbons (Fsp3) is 0.190. The van der Waals surface area contributed by atoms with E-state index < -0.39 is 17.5 Å². The van der Waals surface area contributed by atoms with Crippen LogP contribution in [0.15, 0.2) is 49.1 Å². The van der Waals surface area contributed by atoms with Crippen LogP contribution in [0.4, 0.5) is 13.2 Å². The van der Waals surface area contributed by atoms with Gasteiger partial charge in [0.2, 0.25) is 0 Å². The number of carbonyl (C=O) groups is 1. The largest absolute Gasteiger partial charge is 0.507 e. The van der Waals surface area contributed by atoms with Crippen molar-refractivity contribution in [2.24, 2.45) is 0 Å². The predicted octanol–water partition coefficient (Wildman–Crippen LogP) is 5.05. The first-order chi connectivity index (χ1) is 13.2. The normalized spacial score (nSPS) is 11.5. The van der Waals surface area contributed by atoms with E-state index in [1.807, 2.05) is 0 Å². The van der Waals surface area contributed by atoms with Gasteiger partial charge in [-0.25, -0.2) is 0 Å². The van der Waals surface area contributed by atoms with Crippen LogP contribution in [-0.4, -0.2) is 25.1 Å². The number of phenolic OH excluding ortho intramolecular Hbond substituents is 1. The molecular weight excluding hydrogens is 373 g/mol. The average molecular weight is 392 g/mol. The van der Waals surface area contributed by atoms with E-state index in [9.17, 15) is 23.1 Å². The molecule has 0 spiro atoms. The van der Waals surface area contributed by atoms with Gasteiger partial charge in [-0.1, -0.05) is 24.3 Å². The Morgan fingerprint density at radius 1 is 1.14 bits per heavy atom. The molecule has 0 unspecified atom stereocenters. The number of halogens is 3. The van der Waals surface area contributed by atoms with Crippen molar-refractivity contribution in [3.8, 4) is 17.2 Å². The Bertz CT molecular complexity index is 897. The summed E-state index contributed by atoms with van der Waals surface area (Å²) in [5.41, 5.74) is -0.0629. The summed E-state index contributed by atoms with van der Waals surface area (Å²) in [5, 5.41) is 10.5. The van der Waals surface area contributed by atoms with Crippen LogP contribution < -0.4 is 9.47 Å². The molecule has 0 saturated carbocycles. The molecule has 0 radical (unpaired) electrons. The molecule has 0 atom stereocenters. The number of rotatable bonds is 7. The van der Waals surface area contributed by atoms with Crippen LogP contribution in [0, 0.1) is 0 Å². The number of hydrogen-bond donors (Lipinski definition) is 1. The zero-order chi connectivity index (χ0) is 20.9. The number of allylic oxidation sites excluding steroid dienone is 2. The van der Waals surface area contributed by atoms with E-state index in [0.29, 0.717) is 16.9 Å². The van der Waals surface area contributed by atoms with Crippen molar-refractivity contribution in [1.82, 2.24) is 0 Å². The first-order valence-corrected chi connectivity index (χ1v) is 8.20. The van der Waals surface area contributed by atoms with E-state index in [-0.39, 0.29) is 23.5 Å². The van der Waals surface area contributed by atoms with Crippen LogP contribution in [0.25, 0.3) is 6.08 Å². The number of carbonyl (C=O) groups excluding carboxylic acids is 1. The first kappa shape index (κ1) is 21.1. The number of alkyl halides is 3. The summed E-state index contributed by atoms with van der Waals surface area (Å²) in [5.74, 6) is -0.401. The zero-order valence-electron chi connectivity index (χ0n) is 15.3. The molecule has 28 heavy (non-hydrogen) atoms. The summed E-state index contributed by atoms with van der Waals surface area (Å²) < 4.78 is 48.2. The highest BCUT2D eigenvalue weighted by molar-refractivity contribution is 6.11. The summed E-state index contributed by atoms with van der Waals surface area (Å²) in [6.45, 7) is 3.61. The van der Waals surface area contributed by atoms with E-state index in [1.54, 1.807) is 6.08 Å². The van der Waals surface area contributed by atoms with Gasteiger partial charge in [0.05, 0.1) is 19.8 Å². The van der Waals surface area contributed by atoms with Gasteiger partial charge >= 0.3 is 6.18 Å². The van der Waals surface area contributed by atoms with Crippen molar-refractivity contribution in [2.75, 3.05) is 14.2 Å². The third kappa shape index (κ3) is 4.54. The number of ether oxygens (including phenoxy) is 2. The lowest BCUT2D eigenvalue weighted by Gasteiger charge is -2.15. The molecule has 2 rings (SSSR count).